The Morgan fingerprint density at radius 1 is 1.43 bits per heavy atom. The minimum Gasteiger partial charge on any atom is -0.460 e. The Kier molecular flexibility index (Phi) is 6.06. The van der Waals surface area contributed by atoms with Gasteiger partial charge in [-0.2, -0.15) is 0 Å². The van der Waals surface area contributed by atoms with E-state index in [9.17, 15) is 9.59 Å². The molecule has 0 saturated heterocycles. The summed E-state index contributed by atoms with van der Waals surface area (Å²) in [6.07, 6.45) is 0.599. The van der Waals surface area contributed by atoms with E-state index < -0.39 is 18.0 Å². The predicted octanol–water partition coefficient (Wildman–Crippen LogP) is 0.153. The lowest BCUT2D eigenvalue weighted by Gasteiger charge is -2.08. The Labute approximate surface area is 81.6 Å². The molecular weight excluding hydrogens is 188 g/mol. The largest absolute Gasteiger partial charge is 0.460 e. The second-order valence-electron chi connectivity index (χ2n) is 2.35. The number of hydrogen-bond acceptors (Lipinski definition) is 5. The number of aliphatic hydroxyl groups is 1. The third-order valence-corrected chi connectivity index (χ3v) is 1.20. The van der Waals surface area contributed by atoms with Crippen LogP contribution in [0.1, 0.15) is 6.42 Å². The Morgan fingerprint density at radius 3 is 2.57 bits per heavy atom. The Morgan fingerprint density at radius 2 is 2.07 bits per heavy atom. The summed E-state index contributed by atoms with van der Waals surface area (Å²) in [5, 5.41) is 9.14. The van der Waals surface area contributed by atoms with Crippen LogP contribution in [0.25, 0.3) is 0 Å². The highest BCUT2D eigenvalue weighted by molar-refractivity contribution is 5.81. The topological polar surface area (TPSA) is 72.8 Å². The molecule has 1 atom stereocenters. The average molecular weight is 200 g/mol. The molecule has 5 heteroatoms. The minimum absolute atomic E-state index is 0.254. The van der Waals surface area contributed by atoms with Crippen LogP contribution in [0.5, 0.6) is 0 Å². The molecule has 14 heavy (non-hydrogen) atoms. The molecule has 78 valence electrons. The maximum absolute atomic E-state index is 10.8. The first-order valence-electron chi connectivity index (χ1n) is 3.87. The molecule has 0 amide bonds. The summed E-state index contributed by atoms with van der Waals surface area (Å²) in [6.45, 7) is 6.07. The van der Waals surface area contributed by atoms with Gasteiger partial charge in [-0.15, -0.1) is 0 Å². The molecule has 5 nitrogen and oxygen atoms in total. The van der Waals surface area contributed by atoms with Gasteiger partial charge < -0.3 is 14.6 Å². The number of esters is 2. The highest BCUT2D eigenvalue weighted by atomic mass is 16.5. The molecule has 1 N–H and O–H groups in total. The van der Waals surface area contributed by atoms with Crippen molar-refractivity contribution < 1.29 is 24.2 Å². The van der Waals surface area contributed by atoms with Gasteiger partial charge in [0.05, 0.1) is 18.8 Å². The fourth-order valence-electron chi connectivity index (χ4n) is 0.630. The molecule has 0 aliphatic heterocycles. The van der Waals surface area contributed by atoms with Gasteiger partial charge in [-0.3, -0.25) is 4.79 Å². The van der Waals surface area contributed by atoms with Gasteiger partial charge in [-0.1, -0.05) is 13.2 Å². The van der Waals surface area contributed by atoms with E-state index in [-0.39, 0.29) is 13.0 Å². The zero-order chi connectivity index (χ0) is 11.0. The van der Waals surface area contributed by atoms with Crippen molar-refractivity contribution in [2.75, 3.05) is 6.61 Å². The summed E-state index contributed by atoms with van der Waals surface area (Å²) in [4.78, 5) is 21.3. The quantitative estimate of drug-likeness (QED) is 0.375. The summed E-state index contributed by atoms with van der Waals surface area (Å²) in [5.74, 6) is -1.29. The molecule has 0 saturated carbocycles. The number of carbonyl (C=O) groups is 2. The van der Waals surface area contributed by atoms with Crippen molar-refractivity contribution in [2.45, 2.75) is 12.5 Å². The van der Waals surface area contributed by atoms with Gasteiger partial charge in [0.2, 0.25) is 0 Å². The van der Waals surface area contributed by atoms with Crippen molar-refractivity contribution in [1.29, 1.82) is 0 Å². The number of carbonyl (C=O) groups excluding carboxylic acids is 2. The summed E-state index contributed by atoms with van der Waals surface area (Å²) < 4.78 is 8.84. The minimum atomic E-state index is -1.08. The van der Waals surface area contributed by atoms with Gasteiger partial charge >= 0.3 is 11.9 Å². The maximum Gasteiger partial charge on any atom is 0.330 e. The van der Waals surface area contributed by atoms with Gasteiger partial charge in [0, 0.05) is 6.08 Å². The SMILES string of the molecule is C=COC(=O)CC(O)COC(=O)C=C. The van der Waals surface area contributed by atoms with Gasteiger partial charge in [0.25, 0.3) is 0 Å². The molecule has 0 aromatic carbocycles. The lowest BCUT2D eigenvalue weighted by molar-refractivity contribution is -0.146. The van der Waals surface area contributed by atoms with Crippen LogP contribution in [0.15, 0.2) is 25.5 Å². The molecule has 0 aliphatic carbocycles. The molecule has 0 heterocycles. The third-order valence-electron chi connectivity index (χ3n) is 1.20. The van der Waals surface area contributed by atoms with Crippen LogP contribution in [0.3, 0.4) is 0 Å². The second kappa shape index (κ2) is 6.85. The van der Waals surface area contributed by atoms with Crippen LogP contribution in [0.2, 0.25) is 0 Å². The van der Waals surface area contributed by atoms with Crippen LogP contribution in [-0.4, -0.2) is 29.8 Å². The molecule has 0 spiro atoms. The van der Waals surface area contributed by atoms with Crippen LogP contribution in [0.4, 0.5) is 0 Å². The van der Waals surface area contributed by atoms with E-state index in [0.717, 1.165) is 12.3 Å². The normalized spacial score (nSPS) is 11.2. The zero-order valence-corrected chi connectivity index (χ0v) is 7.64. The lowest BCUT2D eigenvalue weighted by Crippen LogP contribution is -2.21. The van der Waals surface area contributed by atoms with Gasteiger partial charge in [-0.25, -0.2) is 4.79 Å². The smallest absolute Gasteiger partial charge is 0.330 e. The average Bonchev–Trinajstić information content (AvgIpc) is 2.14. The van der Waals surface area contributed by atoms with E-state index in [4.69, 9.17) is 5.11 Å². The van der Waals surface area contributed by atoms with Crippen molar-refractivity contribution in [2.24, 2.45) is 0 Å². The van der Waals surface area contributed by atoms with Crippen molar-refractivity contribution in [3.63, 3.8) is 0 Å². The molecule has 0 aromatic heterocycles. The summed E-state index contributed by atoms with van der Waals surface area (Å²) >= 11 is 0. The van der Waals surface area contributed by atoms with E-state index in [0.29, 0.717) is 0 Å². The molecule has 0 radical (unpaired) electrons. The van der Waals surface area contributed by atoms with E-state index in [1.54, 1.807) is 0 Å². The van der Waals surface area contributed by atoms with Crippen molar-refractivity contribution in [3.05, 3.63) is 25.5 Å². The second-order valence-corrected chi connectivity index (χ2v) is 2.35. The van der Waals surface area contributed by atoms with Crippen molar-refractivity contribution >= 4 is 11.9 Å². The number of rotatable bonds is 6. The Balaban J connectivity index is 3.69. The summed E-state index contributed by atoms with van der Waals surface area (Å²) in [7, 11) is 0. The molecular formula is C9H12O5. The van der Waals surface area contributed by atoms with E-state index >= 15 is 0 Å². The third kappa shape index (κ3) is 5.96. The Bertz CT molecular complexity index is 233. The molecule has 0 rings (SSSR count). The summed E-state index contributed by atoms with van der Waals surface area (Å²) in [6, 6.07) is 0. The fraction of sp³-hybridized carbons (Fsp3) is 0.333. The molecule has 0 aromatic rings. The Hall–Kier alpha value is -1.62. The lowest BCUT2D eigenvalue weighted by atomic mass is 10.3. The number of hydrogen-bond donors (Lipinski definition) is 1. The first-order valence-corrected chi connectivity index (χ1v) is 3.87. The van der Waals surface area contributed by atoms with Gasteiger partial charge in [0.1, 0.15) is 6.61 Å². The van der Waals surface area contributed by atoms with E-state index in [2.05, 4.69) is 22.6 Å². The van der Waals surface area contributed by atoms with Crippen molar-refractivity contribution in [3.8, 4) is 0 Å². The number of ether oxygens (including phenoxy) is 2. The molecule has 0 aliphatic rings. The highest BCUT2D eigenvalue weighted by Crippen LogP contribution is 1.96. The molecule has 0 fully saturated rings. The van der Waals surface area contributed by atoms with Gasteiger partial charge in [0.15, 0.2) is 0 Å². The van der Waals surface area contributed by atoms with E-state index in [1.807, 2.05) is 0 Å². The maximum atomic E-state index is 10.8. The van der Waals surface area contributed by atoms with Crippen LogP contribution in [-0.2, 0) is 19.1 Å². The standard InChI is InChI=1S/C9H12O5/c1-3-8(11)14-6-7(10)5-9(12)13-4-2/h3-4,7,10H,1-2,5-6H2. The van der Waals surface area contributed by atoms with Crippen molar-refractivity contribution in [1.82, 2.24) is 0 Å². The molecule has 0 bridgehead atoms. The number of aliphatic hydroxyl groups excluding tert-OH is 1. The van der Waals surface area contributed by atoms with E-state index in [1.165, 1.54) is 0 Å². The molecule has 1 unspecified atom stereocenters. The predicted molar refractivity (Wildman–Crippen MR) is 48.1 cm³/mol. The fourth-order valence-corrected chi connectivity index (χ4v) is 0.630. The van der Waals surface area contributed by atoms with Crippen LogP contribution >= 0.6 is 0 Å². The van der Waals surface area contributed by atoms with Gasteiger partial charge in [-0.05, 0) is 0 Å². The monoisotopic (exact) mass is 200 g/mol. The summed E-state index contributed by atoms with van der Waals surface area (Å²) in [5.41, 5.74) is 0. The first kappa shape index (κ1) is 12.4. The zero-order valence-electron chi connectivity index (χ0n) is 7.64. The van der Waals surface area contributed by atoms with Crippen LogP contribution < -0.4 is 0 Å². The highest BCUT2D eigenvalue weighted by Gasteiger charge is 2.12. The first-order chi connectivity index (χ1) is 6.60. The van der Waals surface area contributed by atoms with Crippen LogP contribution in [0, 0.1) is 0 Å².